The van der Waals surface area contributed by atoms with Crippen LogP contribution in [0.3, 0.4) is 0 Å². The maximum absolute atomic E-state index is 6.06. The number of likely N-dealkylation sites (N-methyl/N-ethyl adjacent to an activating group) is 1. The number of nitrogens with two attached hydrogens (primary N) is 1. The largest absolute Gasteiger partial charge is 0.493 e. The molecule has 31 heavy (non-hydrogen) atoms. The van der Waals surface area contributed by atoms with Gasteiger partial charge in [-0.15, -0.1) is 0 Å². The molecule has 0 unspecified atom stereocenters. The molecule has 2 heterocycles. The fourth-order valence-electron chi connectivity index (χ4n) is 3.74. The van der Waals surface area contributed by atoms with Gasteiger partial charge in [-0.05, 0) is 37.7 Å². The summed E-state index contributed by atoms with van der Waals surface area (Å²) in [5.74, 6) is 2.73. The van der Waals surface area contributed by atoms with E-state index in [0.29, 0.717) is 35.3 Å². The van der Waals surface area contributed by atoms with E-state index < -0.39 is 0 Å². The summed E-state index contributed by atoms with van der Waals surface area (Å²) >= 11 is 0. The fraction of sp³-hybridized carbons (Fsp3) is 0.375. The van der Waals surface area contributed by atoms with Crippen LogP contribution in [0.5, 0.6) is 23.0 Å². The summed E-state index contributed by atoms with van der Waals surface area (Å²) in [6.07, 6.45) is 2.70. The summed E-state index contributed by atoms with van der Waals surface area (Å²) in [5, 5.41) is 0.853. The van der Waals surface area contributed by atoms with E-state index in [1.165, 1.54) is 0 Å². The molecule has 7 nitrogen and oxygen atoms in total. The summed E-state index contributed by atoms with van der Waals surface area (Å²) in [6, 6.07) is 13.0. The SMILES string of the molecule is COc1cc2c(Oc3cccc(N)c3)ccnc2cc1OCCCN1CCN(C)CC1. The molecule has 3 aromatic rings. The van der Waals surface area contributed by atoms with Crippen molar-refractivity contribution < 1.29 is 14.2 Å². The van der Waals surface area contributed by atoms with E-state index >= 15 is 0 Å². The zero-order chi connectivity index (χ0) is 21.6. The lowest BCUT2D eigenvalue weighted by Gasteiger charge is -2.32. The highest BCUT2D eigenvalue weighted by atomic mass is 16.5. The molecule has 164 valence electrons. The van der Waals surface area contributed by atoms with Gasteiger partial charge in [0.25, 0.3) is 0 Å². The second-order valence-corrected chi connectivity index (χ2v) is 7.85. The highest BCUT2D eigenvalue weighted by Crippen LogP contribution is 2.37. The van der Waals surface area contributed by atoms with Crippen LogP contribution in [0.1, 0.15) is 6.42 Å². The van der Waals surface area contributed by atoms with E-state index in [9.17, 15) is 0 Å². The standard InChI is InChI=1S/C24H30N4O3/c1-27-10-12-28(13-11-27)9-4-14-30-24-17-21-20(16-23(24)29-2)22(7-8-26-21)31-19-6-3-5-18(25)15-19/h3,5-8,15-17H,4,9-14,25H2,1-2H3. The van der Waals surface area contributed by atoms with Crippen molar-refractivity contribution in [1.82, 2.24) is 14.8 Å². The van der Waals surface area contributed by atoms with Crippen molar-refractivity contribution in [3.63, 3.8) is 0 Å². The third-order valence-corrected chi connectivity index (χ3v) is 5.54. The second-order valence-electron chi connectivity index (χ2n) is 7.85. The van der Waals surface area contributed by atoms with Crippen molar-refractivity contribution in [2.24, 2.45) is 0 Å². The molecule has 0 atom stereocenters. The smallest absolute Gasteiger partial charge is 0.163 e. The van der Waals surface area contributed by atoms with E-state index in [2.05, 4.69) is 21.8 Å². The number of benzene rings is 2. The summed E-state index contributed by atoms with van der Waals surface area (Å²) in [7, 11) is 3.82. The van der Waals surface area contributed by atoms with Gasteiger partial charge in [0, 0.05) is 62.1 Å². The molecule has 2 aromatic carbocycles. The van der Waals surface area contributed by atoms with Crippen LogP contribution in [0.15, 0.2) is 48.7 Å². The van der Waals surface area contributed by atoms with Crippen LogP contribution >= 0.6 is 0 Å². The van der Waals surface area contributed by atoms with Gasteiger partial charge >= 0.3 is 0 Å². The van der Waals surface area contributed by atoms with E-state index in [0.717, 1.165) is 50.0 Å². The van der Waals surface area contributed by atoms with E-state index in [1.54, 1.807) is 19.4 Å². The van der Waals surface area contributed by atoms with Gasteiger partial charge in [-0.25, -0.2) is 0 Å². The number of pyridine rings is 1. The van der Waals surface area contributed by atoms with Crippen molar-refractivity contribution in [2.75, 3.05) is 59.2 Å². The van der Waals surface area contributed by atoms with Crippen LogP contribution in [0.25, 0.3) is 10.9 Å². The molecule has 0 saturated carbocycles. The lowest BCUT2D eigenvalue weighted by Crippen LogP contribution is -2.44. The van der Waals surface area contributed by atoms with Gasteiger partial charge in [0.05, 0.1) is 19.2 Å². The van der Waals surface area contributed by atoms with Crippen LogP contribution in [0.4, 0.5) is 5.69 Å². The molecule has 2 N–H and O–H groups in total. The van der Waals surface area contributed by atoms with Gasteiger partial charge in [-0.3, -0.25) is 4.98 Å². The van der Waals surface area contributed by atoms with Crippen molar-refractivity contribution in [2.45, 2.75) is 6.42 Å². The first-order valence-electron chi connectivity index (χ1n) is 10.7. The van der Waals surface area contributed by atoms with Crippen molar-refractivity contribution in [3.8, 4) is 23.0 Å². The Morgan fingerprint density at radius 3 is 2.61 bits per heavy atom. The normalized spacial score (nSPS) is 15.2. The number of aromatic nitrogens is 1. The number of hydrogen-bond acceptors (Lipinski definition) is 7. The predicted octanol–water partition coefficient (Wildman–Crippen LogP) is 3.63. The second kappa shape index (κ2) is 9.85. The summed E-state index contributed by atoms with van der Waals surface area (Å²) in [5.41, 5.74) is 7.31. The van der Waals surface area contributed by atoms with Crippen LogP contribution in [-0.4, -0.2) is 68.3 Å². The number of nitrogens with zero attached hydrogens (tertiary/aromatic N) is 3. The van der Waals surface area contributed by atoms with E-state index in [-0.39, 0.29) is 0 Å². The Morgan fingerprint density at radius 1 is 1.00 bits per heavy atom. The fourth-order valence-corrected chi connectivity index (χ4v) is 3.74. The Morgan fingerprint density at radius 2 is 1.84 bits per heavy atom. The average Bonchev–Trinajstić information content (AvgIpc) is 2.77. The van der Waals surface area contributed by atoms with Gasteiger partial charge in [0.15, 0.2) is 11.5 Å². The monoisotopic (exact) mass is 422 g/mol. The Kier molecular flexibility index (Phi) is 6.74. The maximum Gasteiger partial charge on any atom is 0.163 e. The number of ether oxygens (including phenoxy) is 3. The van der Waals surface area contributed by atoms with Crippen LogP contribution in [0.2, 0.25) is 0 Å². The van der Waals surface area contributed by atoms with Crippen LogP contribution in [-0.2, 0) is 0 Å². The predicted molar refractivity (Wildman–Crippen MR) is 123 cm³/mol. The molecule has 0 aliphatic carbocycles. The number of rotatable bonds is 8. The molecular formula is C24H30N4O3. The van der Waals surface area contributed by atoms with Gasteiger partial charge < -0.3 is 29.7 Å². The molecule has 1 aliphatic heterocycles. The summed E-state index contributed by atoms with van der Waals surface area (Å²) in [4.78, 5) is 9.35. The molecule has 0 amide bonds. The Hall–Kier alpha value is -3.03. The number of nitrogen functional groups attached to an aromatic ring is 1. The molecule has 1 aromatic heterocycles. The number of piperazine rings is 1. The summed E-state index contributed by atoms with van der Waals surface area (Å²) in [6.45, 7) is 6.18. The Labute approximate surface area is 183 Å². The molecule has 0 spiro atoms. The van der Waals surface area contributed by atoms with Crippen molar-refractivity contribution in [1.29, 1.82) is 0 Å². The maximum atomic E-state index is 6.06. The molecule has 0 bridgehead atoms. The van der Waals surface area contributed by atoms with Gasteiger partial charge in [-0.2, -0.15) is 0 Å². The summed E-state index contributed by atoms with van der Waals surface area (Å²) < 4.78 is 17.7. The van der Waals surface area contributed by atoms with Gasteiger partial charge in [-0.1, -0.05) is 6.07 Å². The molecule has 7 heteroatoms. The lowest BCUT2D eigenvalue weighted by molar-refractivity contribution is 0.145. The highest BCUT2D eigenvalue weighted by molar-refractivity contribution is 5.88. The molecule has 0 radical (unpaired) electrons. The molecule has 1 aliphatic rings. The van der Waals surface area contributed by atoms with E-state index in [4.69, 9.17) is 19.9 Å². The first-order chi connectivity index (χ1) is 15.1. The Balaban J connectivity index is 1.44. The third-order valence-electron chi connectivity index (χ3n) is 5.54. The lowest BCUT2D eigenvalue weighted by atomic mass is 10.1. The first kappa shape index (κ1) is 21.2. The number of methoxy groups -OCH3 is 1. The van der Waals surface area contributed by atoms with Crippen molar-refractivity contribution in [3.05, 3.63) is 48.7 Å². The third kappa shape index (κ3) is 5.37. The molecule has 4 rings (SSSR count). The first-order valence-corrected chi connectivity index (χ1v) is 10.7. The zero-order valence-corrected chi connectivity index (χ0v) is 18.2. The van der Waals surface area contributed by atoms with Crippen LogP contribution in [0, 0.1) is 0 Å². The highest BCUT2D eigenvalue weighted by Gasteiger charge is 2.14. The van der Waals surface area contributed by atoms with Crippen molar-refractivity contribution >= 4 is 16.6 Å². The Bertz CT molecular complexity index is 1020. The minimum Gasteiger partial charge on any atom is -0.493 e. The molecular weight excluding hydrogens is 392 g/mol. The average molecular weight is 423 g/mol. The molecule has 1 saturated heterocycles. The van der Waals surface area contributed by atoms with Gasteiger partial charge in [0.2, 0.25) is 0 Å². The van der Waals surface area contributed by atoms with Crippen LogP contribution < -0.4 is 19.9 Å². The topological polar surface area (TPSA) is 73.1 Å². The van der Waals surface area contributed by atoms with Gasteiger partial charge in [0.1, 0.15) is 11.5 Å². The minimum atomic E-state index is 0.633. The quantitative estimate of drug-likeness (QED) is 0.439. The number of hydrogen-bond donors (Lipinski definition) is 1. The van der Waals surface area contributed by atoms with E-state index in [1.807, 2.05) is 36.4 Å². The minimum absolute atomic E-state index is 0.633. The zero-order valence-electron chi connectivity index (χ0n) is 18.2. The molecule has 1 fully saturated rings. The number of fused-ring (bicyclic) bond motifs is 1. The number of anilines is 1.